The minimum absolute atomic E-state index is 0.0468. The normalized spacial score (nSPS) is 19.0. The van der Waals surface area contributed by atoms with E-state index in [4.69, 9.17) is 0 Å². The fraction of sp³-hybridized carbons (Fsp3) is 0.381. The monoisotopic (exact) mass is 376 g/mol. The van der Waals surface area contributed by atoms with Gasteiger partial charge in [-0.3, -0.25) is 14.8 Å². The Morgan fingerprint density at radius 1 is 1.11 bits per heavy atom. The van der Waals surface area contributed by atoms with E-state index in [9.17, 15) is 4.79 Å². The Morgan fingerprint density at radius 3 is 2.61 bits per heavy atom. The van der Waals surface area contributed by atoms with Crippen LogP contribution in [0.5, 0.6) is 0 Å². The molecular weight excluding hydrogens is 352 g/mol. The number of likely N-dealkylation sites (tertiary alicyclic amines) is 1. The summed E-state index contributed by atoms with van der Waals surface area (Å²) in [6.45, 7) is 2.52. The number of hydrogen-bond donors (Lipinski definition) is 2. The molecule has 1 saturated heterocycles. The third-order valence-corrected chi connectivity index (χ3v) is 6.41. The molecular formula is C21H24N6O. The predicted octanol–water partition coefficient (Wildman–Crippen LogP) is 2.42. The molecule has 0 atom stereocenters. The van der Waals surface area contributed by atoms with Gasteiger partial charge in [0, 0.05) is 43.5 Å². The van der Waals surface area contributed by atoms with E-state index < -0.39 is 0 Å². The highest BCUT2D eigenvalue weighted by Gasteiger charge is 2.45. The number of fused-ring (bicyclic) bond motifs is 2. The van der Waals surface area contributed by atoms with Gasteiger partial charge in [-0.2, -0.15) is 5.10 Å². The van der Waals surface area contributed by atoms with Crippen molar-refractivity contribution in [2.24, 2.45) is 0 Å². The third-order valence-electron chi connectivity index (χ3n) is 6.41. The summed E-state index contributed by atoms with van der Waals surface area (Å²) < 4.78 is 0. The second-order valence-electron chi connectivity index (χ2n) is 7.77. The van der Waals surface area contributed by atoms with E-state index in [0.717, 1.165) is 55.7 Å². The molecule has 1 spiro atoms. The van der Waals surface area contributed by atoms with Gasteiger partial charge in [-0.25, -0.2) is 4.98 Å². The molecule has 2 N–H and O–H groups in total. The molecule has 4 heterocycles. The Morgan fingerprint density at radius 2 is 1.89 bits per heavy atom. The summed E-state index contributed by atoms with van der Waals surface area (Å²) >= 11 is 0. The third kappa shape index (κ3) is 2.65. The van der Waals surface area contributed by atoms with Crippen molar-refractivity contribution in [3.05, 3.63) is 59.8 Å². The summed E-state index contributed by atoms with van der Waals surface area (Å²) in [6.07, 6.45) is 6.38. The molecule has 7 heteroatoms. The molecule has 7 nitrogen and oxygen atoms in total. The lowest BCUT2D eigenvalue weighted by Gasteiger charge is -2.49. The van der Waals surface area contributed by atoms with E-state index in [0.29, 0.717) is 0 Å². The molecule has 0 unspecified atom stereocenters. The molecule has 144 valence electrons. The number of carbonyl (C=O) groups excluding carboxylic acids is 1. The largest absolute Gasteiger partial charge is 0.348 e. The second-order valence-corrected chi connectivity index (χ2v) is 7.77. The van der Waals surface area contributed by atoms with Gasteiger partial charge < -0.3 is 9.88 Å². The minimum Gasteiger partial charge on any atom is -0.348 e. The van der Waals surface area contributed by atoms with Crippen LogP contribution in [-0.4, -0.2) is 62.6 Å². The van der Waals surface area contributed by atoms with Crippen molar-refractivity contribution in [2.45, 2.75) is 24.8 Å². The molecule has 0 radical (unpaired) electrons. The fourth-order valence-electron chi connectivity index (χ4n) is 4.68. The topological polar surface area (TPSA) is 80.9 Å². The summed E-state index contributed by atoms with van der Waals surface area (Å²) in [6, 6.07) is 9.67. The van der Waals surface area contributed by atoms with Crippen LogP contribution >= 0.6 is 0 Å². The SMILES string of the molecule is CN1CCc2[nH]cnc2C12CCN(C(=O)c1ccc(-c3ccn[nH]3)cc1)CC2. The van der Waals surface area contributed by atoms with Gasteiger partial charge in [0.2, 0.25) is 0 Å². The second kappa shape index (κ2) is 6.60. The first kappa shape index (κ1) is 17.2. The van der Waals surface area contributed by atoms with Crippen molar-refractivity contribution in [1.82, 2.24) is 30.0 Å². The van der Waals surface area contributed by atoms with Crippen LogP contribution in [0.1, 0.15) is 34.6 Å². The number of piperidine rings is 1. The number of likely N-dealkylation sites (N-methyl/N-ethyl adjacent to an activating group) is 1. The Kier molecular flexibility index (Phi) is 4.05. The Hall–Kier alpha value is -2.93. The van der Waals surface area contributed by atoms with Gasteiger partial charge in [0.05, 0.1) is 23.3 Å². The first-order chi connectivity index (χ1) is 13.7. The number of imidazole rings is 1. The maximum Gasteiger partial charge on any atom is 0.253 e. The number of nitrogens with one attached hydrogen (secondary N) is 2. The molecule has 0 saturated carbocycles. The van der Waals surface area contributed by atoms with Crippen LogP contribution in [0.3, 0.4) is 0 Å². The number of rotatable bonds is 2. The molecule has 0 bridgehead atoms. The number of nitrogens with zero attached hydrogens (tertiary/aromatic N) is 4. The molecule has 0 aliphatic carbocycles. The lowest BCUT2D eigenvalue weighted by molar-refractivity contribution is 0.0226. The number of benzene rings is 1. The van der Waals surface area contributed by atoms with Crippen LogP contribution in [0.25, 0.3) is 11.3 Å². The average molecular weight is 376 g/mol. The minimum atomic E-state index is -0.0468. The summed E-state index contributed by atoms with van der Waals surface area (Å²) in [5.41, 5.74) is 5.10. The number of aromatic amines is 2. The van der Waals surface area contributed by atoms with E-state index in [1.807, 2.05) is 41.6 Å². The van der Waals surface area contributed by atoms with Gasteiger partial charge in [0.25, 0.3) is 5.91 Å². The van der Waals surface area contributed by atoms with Crippen molar-refractivity contribution in [3.63, 3.8) is 0 Å². The van der Waals surface area contributed by atoms with E-state index in [1.165, 1.54) is 11.4 Å². The summed E-state index contributed by atoms with van der Waals surface area (Å²) in [7, 11) is 2.18. The number of hydrogen-bond acceptors (Lipinski definition) is 4. The zero-order valence-electron chi connectivity index (χ0n) is 16.0. The smallest absolute Gasteiger partial charge is 0.253 e. The maximum atomic E-state index is 13.0. The van der Waals surface area contributed by atoms with Crippen LogP contribution in [0, 0.1) is 0 Å². The van der Waals surface area contributed by atoms with Crippen molar-refractivity contribution >= 4 is 5.91 Å². The van der Waals surface area contributed by atoms with E-state index in [1.54, 1.807) is 6.20 Å². The first-order valence-electron chi connectivity index (χ1n) is 9.80. The molecule has 1 aromatic carbocycles. The molecule has 1 fully saturated rings. The van der Waals surface area contributed by atoms with Crippen molar-refractivity contribution in [1.29, 1.82) is 0 Å². The van der Waals surface area contributed by atoms with Gasteiger partial charge in [-0.1, -0.05) is 12.1 Å². The van der Waals surface area contributed by atoms with Crippen LogP contribution in [0.4, 0.5) is 0 Å². The average Bonchev–Trinajstić information content (AvgIpc) is 3.43. The quantitative estimate of drug-likeness (QED) is 0.720. The molecule has 2 aromatic heterocycles. The maximum absolute atomic E-state index is 13.0. The number of aromatic nitrogens is 4. The summed E-state index contributed by atoms with van der Waals surface area (Å²) in [5, 5.41) is 6.93. The Labute approximate surface area is 163 Å². The highest BCUT2D eigenvalue weighted by Crippen LogP contribution is 2.41. The van der Waals surface area contributed by atoms with Crippen molar-refractivity contribution in [3.8, 4) is 11.3 Å². The molecule has 5 rings (SSSR count). The molecule has 1 amide bonds. The first-order valence-corrected chi connectivity index (χ1v) is 9.80. The predicted molar refractivity (Wildman–Crippen MR) is 106 cm³/mol. The van der Waals surface area contributed by atoms with Gasteiger partial charge in [-0.15, -0.1) is 0 Å². The number of H-pyrrole nitrogens is 2. The molecule has 3 aromatic rings. The molecule has 2 aliphatic rings. The standard InChI is InChI=1S/C21H24N6O/c1-26-11-7-18-19(23-14-22-18)21(26)8-12-27(13-9-21)20(28)16-4-2-15(3-5-16)17-6-10-24-25-17/h2-6,10,14H,7-9,11-13H2,1H3,(H,22,23)(H,24,25). The van der Waals surface area contributed by atoms with E-state index in [-0.39, 0.29) is 11.4 Å². The summed E-state index contributed by atoms with van der Waals surface area (Å²) in [5.74, 6) is 0.103. The van der Waals surface area contributed by atoms with Gasteiger partial charge in [0.15, 0.2) is 0 Å². The van der Waals surface area contributed by atoms with Crippen LogP contribution in [-0.2, 0) is 12.0 Å². The zero-order chi connectivity index (χ0) is 19.1. The molecule has 28 heavy (non-hydrogen) atoms. The zero-order valence-corrected chi connectivity index (χ0v) is 16.0. The fourth-order valence-corrected chi connectivity index (χ4v) is 4.68. The Bertz CT molecular complexity index is 967. The summed E-state index contributed by atoms with van der Waals surface area (Å²) in [4.78, 5) is 25.4. The number of amides is 1. The van der Waals surface area contributed by atoms with Gasteiger partial charge in [0.1, 0.15) is 0 Å². The van der Waals surface area contributed by atoms with E-state index in [2.05, 4.69) is 32.1 Å². The molecule has 2 aliphatic heterocycles. The Balaban J connectivity index is 1.31. The number of carbonyl (C=O) groups is 1. The van der Waals surface area contributed by atoms with Gasteiger partial charge >= 0.3 is 0 Å². The van der Waals surface area contributed by atoms with Crippen molar-refractivity contribution in [2.75, 3.05) is 26.7 Å². The lowest BCUT2D eigenvalue weighted by atomic mass is 9.79. The highest BCUT2D eigenvalue weighted by molar-refractivity contribution is 5.94. The van der Waals surface area contributed by atoms with Crippen LogP contribution < -0.4 is 0 Å². The van der Waals surface area contributed by atoms with Crippen LogP contribution in [0.15, 0.2) is 42.9 Å². The van der Waals surface area contributed by atoms with Gasteiger partial charge in [-0.05, 0) is 43.7 Å². The van der Waals surface area contributed by atoms with Crippen molar-refractivity contribution < 1.29 is 4.79 Å². The van der Waals surface area contributed by atoms with E-state index >= 15 is 0 Å². The highest BCUT2D eigenvalue weighted by atomic mass is 16.2. The van der Waals surface area contributed by atoms with Crippen LogP contribution in [0.2, 0.25) is 0 Å². The lowest BCUT2D eigenvalue weighted by Crippen LogP contribution is -2.55.